The first-order valence-corrected chi connectivity index (χ1v) is 9.16. The Morgan fingerprint density at radius 2 is 1.96 bits per heavy atom. The Labute approximate surface area is 140 Å². The molecule has 8 nitrogen and oxygen atoms in total. The highest BCUT2D eigenvalue weighted by Gasteiger charge is 2.17. The maximum atomic E-state index is 12.0. The number of anilines is 1. The molecular formula is C15H20N4O4S. The van der Waals surface area contributed by atoms with E-state index < -0.39 is 9.84 Å². The number of aromatic nitrogens is 2. The van der Waals surface area contributed by atoms with E-state index in [9.17, 15) is 13.2 Å². The highest BCUT2D eigenvalue weighted by molar-refractivity contribution is 7.90. The Bertz CT molecular complexity index is 814. The van der Waals surface area contributed by atoms with Crippen molar-refractivity contribution < 1.29 is 17.7 Å². The van der Waals surface area contributed by atoms with E-state index >= 15 is 0 Å². The molecule has 1 amide bonds. The Kier molecular flexibility index (Phi) is 5.35. The average molecular weight is 352 g/mol. The number of benzene rings is 1. The zero-order chi connectivity index (χ0) is 17.9. The third-order valence-corrected chi connectivity index (χ3v) is 4.75. The third kappa shape index (κ3) is 4.62. The molecule has 1 N–H and O–H groups in total. The van der Waals surface area contributed by atoms with E-state index in [-0.39, 0.29) is 29.4 Å². The van der Waals surface area contributed by atoms with Crippen LogP contribution in [0.15, 0.2) is 33.7 Å². The number of sulfone groups is 1. The van der Waals surface area contributed by atoms with Crippen LogP contribution in [0.3, 0.4) is 0 Å². The van der Waals surface area contributed by atoms with Gasteiger partial charge in [-0.3, -0.25) is 15.0 Å². The minimum absolute atomic E-state index is 0.0658. The number of rotatable bonds is 6. The molecule has 0 spiro atoms. The summed E-state index contributed by atoms with van der Waals surface area (Å²) in [5, 5.41) is 6.12. The number of nitrogens with one attached hydrogen (secondary N) is 1. The number of nitrogens with zero attached hydrogens (tertiary/aromatic N) is 3. The van der Waals surface area contributed by atoms with Gasteiger partial charge in [0, 0.05) is 12.3 Å². The van der Waals surface area contributed by atoms with E-state index in [2.05, 4.69) is 15.5 Å². The predicted octanol–water partition coefficient (Wildman–Crippen LogP) is 1.41. The fourth-order valence-electron chi connectivity index (χ4n) is 2.12. The second kappa shape index (κ2) is 7.10. The molecule has 2 aromatic rings. The second-order valence-corrected chi connectivity index (χ2v) is 7.64. The summed E-state index contributed by atoms with van der Waals surface area (Å²) < 4.78 is 27.8. The van der Waals surface area contributed by atoms with Gasteiger partial charge < -0.3 is 4.52 Å². The molecule has 0 fully saturated rings. The van der Waals surface area contributed by atoms with Gasteiger partial charge in [0.25, 0.3) is 0 Å². The molecule has 1 aromatic carbocycles. The van der Waals surface area contributed by atoms with Crippen LogP contribution in [-0.4, -0.2) is 49.2 Å². The van der Waals surface area contributed by atoms with Crippen LogP contribution in [0.25, 0.3) is 0 Å². The highest BCUT2D eigenvalue weighted by atomic mass is 32.2. The van der Waals surface area contributed by atoms with Crippen LogP contribution in [-0.2, 0) is 14.6 Å². The third-order valence-electron chi connectivity index (χ3n) is 3.62. The number of hydrogen-bond acceptors (Lipinski definition) is 7. The van der Waals surface area contributed by atoms with Gasteiger partial charge in [0.05, 0.1) is 11.4 Å². The monoisotopic (exact) mass is 352 g/mol. The Morgan fingerprint density at radius 3 is 2.46 bits per heavy atom. The van der Waals surface area contributed by atoms with Gasteiger partial charge in [-0.15, -0.1) is 0 Å². The lowest BCUT2D eigenvalue weighted by Crippen LogP contribution is -2.32. The summed E-state index contributed by atoms with van der Waals surface area (Å²) in [6.07, 6.45) is 1.17. The first-order valence-electron chi connectivity index (χ1n) is 7.27. The zero-order valence-electron chi connectivity index (χ0n) is 14.0. The number of likely N-dealkylation sites (N-methyl/N-ethyl adjacent to an activating group) is 1. The summed E-state index contributed by atoms with van der Waals surface area (Å²) in [4.78, 5) is 18.0. The number of aryl methyl sites for hydroxylation is 1. The molecule has 0 aliphatic carbocycles. The Balaban J connectivity index is 1.98. The lowest BCUT2D eigenvalue weighted by atomic mass is 10.1. The minimum Gasteiger partial charge on any atom is -0.315 e. The first-order chi connectivity index (χ1) is 11.2. The summed E-state index contributed by atoms with van der Waals surface area (Å²) in [7, 11) is -1.42. The van der Waals surface area contributed by atoms with E-state index in [0.717, 1.165) is 5.56 Å². The molecule has 0 saturated heterocycles. The van der Waals surface area contributed by atoms with Gasteiger partial charge in [-0.2, -0.15) is 4.98 Å². The van der Waals surface area contributed by atoms with Gasteiger partial charge >= 0.3 is 6.01 Å². The van der Waals surface area contributed by atoms with E-state index in [1.807, 2.05) is 11.8 Å². The van der Waals surface area contributed by atoms with Crippen LogP contribution < -0.4 is 5.32 Å². The number of carbonyl (C=O) groups excluding carboxylic acids is 1. The highest BCUT2D eigenvalue weighted by Crippen LogP contribution is 2.20. The SMILES string of the molecule is Cc1noc(NC(=O)CN(C)[C@H](C)c2ccc(S(C)(=O)=O)cc2)n1. The van der Waals surface area contributed by atoms with Crippen LogP contribution in [0.1, 0.15) is 24.4 Å². The van der Waals surface area contributed by atoms with Crippen molar-refractivity contribution in [3.63, 3.8) is 0 Å². The lowest BCUT2D eigenvalue weighted by molar-refractivity contribution is -0.117. The summed E-state index contributed by atoms with van der Waals surface area (Å²) in [5.41, 5.74) is 0.909. The summed E-state index contributed by atoms with van der Waals surface area (Å²) in [6, 6.07) is 6.62. The molecule has 1 atom stereocenters. The van der Waals surface area contributed by atoms with E-state index in [1.165, 1.54) is 6.26 Å². The van der Waals surface area contributed by atoms with Crippen molar-refractivity contribution in [2.45, 2.75) is 24.8 Å². The van der Waals surface area contributed by atoms with Crippen LogP contribution in [0, 0.1) is 6.92 Å². The Morgan fingerprint density at radius 1 is 1.33 bits per heavy atom. The minimum atomic E-state index is -3.22. The van der Waals surface area contributed by atoms with Gasteiger partial charge in [-0.25, -0.2) is 8.42 Å². The van der Waals surface area contributed by atoms with Crippen molar-refractivity contribution in [3.05, 3.63) is 35.7 Å². The quantitative estimate of drug-likeness (QED) is 0.838. The molecule has 130 valence electrons. The molecule has 1 aromatic heterocycles. The maximum Gasteiger partial charge on any atom is 0.328 e. The van der Waals surface area contributed by atoms with Crippen LogP contribution >= 0.6 is 0 Å². The standard InChI is InChI=1S/C15H20N4O4S/c1-10(12-5-7-13(8-6-12)24(4,21)22)19(3)9-14(20)17-15-16-11(2)18-23-15/h5-8,10H,9H2,1-4H3,(H,16,17,18,20)/t10-/m1/s1. The topological polar surface area (TPSA) is 105 Å². The van der Waals surface area contributed by atoms with Crippen LogP contribution in [0.2, 0.25) is 0 Å². The smallest absolute Gasteiger partial charge is 0.315 e. The maximum absolute atomic E-state index is 12.0. The van der Waals surface area contributed by atoms with Crippen LogP contribution in [0.4, 0.5) is 6.01 Å². The molecule has 0 radical (unpaired) electrons. The molecule has 9 heteroatoms. The van der Waals surface area contributed by atoms with E-state index in [0.29, 0.717) is 5.82 Å². The number of carbonyl (C=O) groups is 1. The van der Waals surface area contributed by atoms with Crippen LogP contribution in [0.5, 0.6) is 0 Å². The fraction of sp³-hybridized carbons (Fsp3) is 0.400. The van der Waals surface area contributed by atoms with E-state index in [4.69, 9.17) is 4.52 Å². The number of hydrogen-bond donors (Lipinski definition) is 1. The zero-order valence-corrected chi connectivity index (χ0v) is 14.8. The summed E-state index contributed by atoms with van der Waals surface area (Å²) in [5.74, 6) is 0.166. The van der Waals surface area contributed by atoms with Gasteiger partial charge in [-0.05, 0) is 38.6 Å². The van der Waals surface area contributed by atoms with Crippen molar-refractivity contribution >= 4 is 21.8 Å². The van der Waals surface area contributed by atoms with Gasteiger partial charge in [0.15, 0.2) is 15.7 Å². The predicted molar refractivity (Wildman–Crippen MR) is 88.3 cm³/mol. The molecule has 24 heavy (non-hydrogen) atoms. The summed E-state index contributed by atoms with van der Waals surface area (Å²) in [6.45, 7) is 3.71. The van der Waals surface area contributed by atoms with Gasteiger partial charge in [-0.1, -0.05) is 17.3 Å². The first kappa shape index (κ1) is 18.1. The molecule has 0 aliphatic rings. The average Bonchev–Trinajstić information content (AvgIpc) is 2.90. The molecule has 1 heterocycles. The lowest BCUT2D eigenvalue weighted by Gasteiger charge is -2.24. The van der Waals surface area contributed by atoms with Crippen molar-refractivity contribution in [1.29, 1.82) is 0 Å². The molecular weight excluding hydrogens is 332 g/mol. The van der Waals surface area contributed by atoms with Crippen molar-refractivity contribution in [3.8, 4) is 0 Å². The molecule has 2 rings (SSSR count). The normalized spacial score (nSPS) is 13.0. The molecule has 0 aliphatic heterocycles. The van der Waals surface area contributed by atoms with Crippen molar-refractivity contribution in [1.82, 2.24) is 15.0 Å². The Hall–Kier alpha value is -2.26. The second-order valence-electron chi connectivity index (χ2n) is 5.63. The van der Waals surface area contributed by atoms with Gasteiger partial charge in [0.2, 0.25) is 5.91 Å². The largest absolute Gasteiger partial charge is 0.328 e. The van der Waals surface area contributed by atoms with Gasteiger partial charge in [0.1, 0.15) is 0 Å². The molecule has 0 bridgehead atoms. The number of amides is 1. The summed E-state index contributed by atoms with van der Waals surface area (Å²) >= 11 is 0. The van der Waals surface area contributed by atoms with E-state index in [1.54, 1.807) is 38.2 Å². The molecule has 0 unspecified atom stereocenters. The van der Waals surface area contributed by atoms with Crippen molar-refractivity contribution in [2.75, 3.05) is 25.2 Å². The van der Waals surface area contributed by atoms with Crippen molar-refractivity contribution in [2.24, 2.45) is 0 Å². The fourth-order valence-corrected chi connectivity index (χ4v) is 2.75. The molecule has 0 saturated carbocycles.